The maximum absolute atomic E-state index is 13.8. The third-order valence-electron chi connectivity index (χ3n) is 8.38. The van der Waals surface area contributed by atoms with Crippen molar-refractivity contribution in [1.29, 1.82) is 0 Å². The molecule has 10 nitrogen and oxygen atoms in total. The van der Waals surface area contributed by atoms with Gasteiger partial charge in [-0.3, -0.25) is 14.4 Å². The van der Waals surface area contributed by atoms with E-state index in [0.717, 1.165) is 12.0 Å². The average molecular weight is 487 g/mol. The van der Waals surface area contributed by atoms with E-state index >= 15 is 0 Å². The molecule has 1 amide bonds. The number of phenolic OH excluding ortho intramolecular Hbond substituents is 1. The number of nitrogens with two attached hydrogens (primary N) is 1. The summed E-state index contributed by atoms with van der Waals surface area (Å²) in [4.78, 5) is 40.8. The summed E-state index contributed by atoms with van der Waals surface area (Å²) >= 11 is 0. The van der Waals surface area contributed by atoms with Crippen LogP contribution in [0.4, 0.5) is 0 Å². The van der Waals surface area contributed by atoms with Crippen molar-refractivity contribution in [3.05, 3.63) is 34.4 Å². The van der Waals surface area contributed by atoms with Gasteiger partial charge < -0.3 is 35.8 Å². The largest absolute Gasteiger partial charge is 0.507 e. The molecule has 6 N–H and O–H groups in total. The van der Waals surface area contributed by atoms with Crippen LogP contribution in [0.2, 0.25) is 0 Å². The molecule has 1 saturated heterocycles. The Labute approximate surface area is 202 Å². The number of rotatable bonds is 3. The first kappa shape index (κ1) is 23.9. The van der Waals surface area contributed by atoms with E-state index < -0.39 is 58.7 Å². The van der Waals surface area contributed by atoms with Crippen LogP contribution in [0.5, 0.6) is 5.75 Å². The van der Waals surface area contributed by atoms with Gasteiger partial charge in [0, 0.05) is 30.1 Å². The Morgan fingerprint density at radius 1 is 1.20 bits per heavy atom. The zero-order chi connectivity index (χ0) is 25.4. The highest BCUT2D eigenvalue weighted by Gasteiger charge is 2.67. The number of primary amides is 1. The van der Waals surface area contributed by atoms with Crippen LogP contribution in [0.1, 0.15) is 35.4 Å². The molecule has 1 aromatic carbocycles. The van der Waals surface area contributed by atoms with Crippen molar-refractivity contribution in [2.75, 3.05) is 27.3 Å². The molecule has 3 fully saturated rings. The molecule has 1 aromatic rings. The standard InChI is InChI=1S/C25H30N2O8/c1-27(2)19-14-8-11-7-13-12(10-5-6-35-9-10)3-4-15(28)17(13)20(29)16(11)22(31)25(14,34)23(32)18(21(19)30)24(26)33/h3-4,10-11,14,18-19,21,28-30,34H,5-9H2,1-2H3,(H2,26,33)/t10?,11-,14-,18?,19-,21?,25-/m0/s1. The van der Waals surface area contributed by atoms with E-state index in [4.69, 9.17) is 10.5 Å². The molecule has 188 valence electrons. The van der Waals surface area contributed by atoms with Gasteiger partial charge in [0.25, 0.3) is 0 Å². The van der Waals surface area contributed by atoms with Crippen LogP contribution in [0.15, 0.2) is 17.7 Å². The minimum absolute atomic E-state index is 0.0823. The zero-order valence-electron chi connectivity index (χ0n) is 19.6. The van der Waals surface area contributed by atoms with Crippen molar-refractivity contribution < 1.29 is 39.5 Å². The number of aliphatic hydroxyl groups excluding tert-OH is 2. The summed E-state index contributed by atoms with van der Waals surface area (Å²) in [7, 11) is 3.25. The molecule has 7 atom stereocenters. The number of carbonyl (C=O) groups excluding carboxylic acids is 3. The smallest absolute Gasteiger partial charge is 0.230 e. The average Bonchev–Trinajstić information content (AvgIpc) is 3.30. The number of hydrogen-bond donors (Lipinski definition) is 5. The molecule has 2 saturated carbocycles. The van der Waals surface area contributed by atoms with E-state index in [1.807, 2.05) is 0 Å². The lowest BCUT2D eigenvalue weighted by Crippen LogP contribution is -2.73. The van der Waals surface area contributed by atoms with Crippen LogP contribution in [-0.4, -0.2) is 87.9 Å². The molecular formula is C25H30N2O8. The Bertz CT molecular complexity index is 1150. The normalized spacial score (nSPS) is 36.7. The number of amides is 1. The molecule has 5 rings (SSSR count). The van der Waals surface area contributed by atoms with Gasteiger partial charge in [0.1, 0.15) is 17.4 Å². The van der Waals surface area contributed by atoms with Gasteiger partial charge in [-0.1, -0.05) is 6.07 Å². The zero-order valence-corrected chi connectivity index (χ0v) is 19.6. The van der Waals surface area contributed by atoms with Crippen LogP contribution < -0.4 is 5.73 Å². The van der Waals surface area contributed by atoms with Crippen LogP contribution >= 0.6 is 0 Å². The number of ether oxygens (including phenoxy) is 1. The summed E-state index contributed by atoms with van der Waals surface area (Å²) in [6, 6.07) is 2.36. The summed E-state index contributed by atoms with van der Waals surface area (Å²) in [6.07, 6.45) is -0.303. The second-order valence-electron chi connectivity index (χ2n) is 10.4. The fraction of sp³-hybridized carbons (Fsp3) is 0.560. The molecule has 3 aliphatic carbocycles. The van der Waals surface area contributed by atoms with Gasteiger partial charge in [-0.05, 0) is 56.5 Å². The lowest BCUT2D eigenvalue weighted by Gasteiger charge is -2.53. The van der Waals surface area contributed by atoms with Crippen molar-refractivity contribution in [1.82, 2.24) is 4.90 Å². The SMILES string of the molecule is CN(C)[C@@H]1C(O)C(C(N)=O)C(=O)[C@@]2(O)C(=O)C3=C(O)c4c(O)ccc(C5CCOC5)c4C[C@H]3C[C@@H]12. The van der Waals surface area contributed by atoms with Gasteiger partial charge in [0.15, 0.2) is 11.4 Å². The molecule has 1 heterocycles. The van der Waals surface area contributed by atoms with Crippen molar-refractivity contribution in [3.8, 4) is 5.75 Å². The van der Waals surface area contributed by atoms with E-state index in [2.05, 4.69) is 0 Å². The molecule has 10 heteroatoms. The maximum atomic E-state index is 13.8. The number of ketones is 2. The number of fused-ring (bicyclic) bond motifs is 3. The molecule has 0 radical (unpaired) electrons. The number of carbonyl (C=O) groups is 3. The lowest BCUT2D eigenvalue weighted by molar-refractivity contribution is -0.184. The first-order chi connectivity index (χ1) is 16.5. The monoisotopic (exact) mass is 486 g/mol. The number of aromatic hydroxyl groups is 1. The number of benzene rings is 1. The quantitative estimate of drug-likeness (QED) is 0.358. The third kappa shape index (κ3) is 3.20. The third-order valence-corrected chi connectivity index (χ3v) is 8.38. The topological polar surface area (TPSA) is 171 Å². The van der Waals surface area contributed by atoms with Crippen molar-refractivity contribution >= 4 is 23.2 Å². The Kier molecular flexibility index (Phi) is 5.55. The predicted molar refractivity (Wildman–Crippen MR) is 122 cm³/mol. The Hall–Kier alpha value is -2.79. The van der Waals surface area contributed by atoms with Gasteiger partial charge in [-0.15, -0.1) is 0 Å². The van der Waals surface area contributed by atoms with Crippen LogP contribution in [0.25, 0.3) is 5.76 Å². The maximum Gasteiger partial charge on any atom is 0.230 e. The molecule has 4 aliphatic rings. The number of aliphatic hydroxyl groups is 3. The Morgan fingerprint density at radius 2 is 1.91 bits per heavy atom. The van der Waals surface area contributed by atoms with Crippen molar-refractivity contribution in [2.24, 2.45) is 23.5 Å². The van der Waals surface area contributed by atoms with Gasteiger partial charge in [0.2, 0.25) is 11.7 Å². The first-order valence-corrected chi connectivity index (χ1v) is 11.8. The fourth-order valence-corrected chi connectivity index (χ4v) is 6.79. The number of Topliss-reactive ketones (excluding diaryl/α,β-unsaturated/α-hetero) is 2. The van der Waals surface area contributed by atoms with Crippen LogP contribution in [-0.2, 0) is 25.5 Å². The number of nitrogens with zero attached hydrogens (tertiary/aromatic N) is 1. The lowest BCUT2D eigenvalue weighted by atomic mass is 9.54. The second kappa shape index (κ2) is 8.12. The van der Waals surface area contributed by atoms with E-state index in [-0.39, 0.29) is 29.2 Å². The first-order valence-electron chi connectivity index (χ1n) is 11.8. The Morgan fingerprint density at radius 3 is 2.51 bits per heavy atom. The molecule has 35 heavy (non-hydrogen) atoms. The minimum Gasteiger partial charge on any atom is -0.507 e. The van der Waals surface area contributed by atoms with Crippen LogP contribution in [0, 0.1) is 17.8 Å². The summed E-state index contributed by atoms with van der Waals surface area (Å²) in [5, 5.41) is 44.4. The number of hydrogen-bond acceptors (Lipinski definition) is 9. The van der Waals surface area contributed by atoms with Gasteiger partial charge in [-0.2, -0.15) is 0 Å². The van der Waals surface area contributed by atoms with Crippen molar-refractivity contribution in [3.63, 3.8) is 0 Å². The second-order valence-corrected chi connectivity index (χ2v) is 10.4. The van der Waals surface area contributed by atoms with Gasteiger partial charge >= 0.3 is 0 Å². The summed E-state index contributed by atoms with van der Waals surface area (Å²) in [6.45, 7) is 1.12. The highest BCUT2D eigenvalue weighted by Crippen LogP contribution is 2.53. The molecule has 1 aliphatic heterocycles. The highest BCUT2D eigenvalue weighted by molar-refractivity contribution is 6.25. The molecule has 0 aromatic heterocycles. The fourth-order valence-electron chi connectivity index (χ4n) is 6.79. The number of phenols is 1. The summed E-state index contributed by atoms with van der Waals surface area (Å²) < 4.78 is 5.53. The summed E-state index contributed by atoms with van der Waals surface area (Å²) in [5.74, 6) is -7.25. The van der Waals surface area contributed by atoms with Crippen LogP contribution in [0.3, 0.4) is 0 Å². The van der Waals surface area contributed by atoms with Gasteiger partial charge in [0.05, 0.1) is 18.3 Å². The Balaban J connectivity index is 1.68. The van der Waals surface area contributed by atoms with E-state index in [9.17, 15) is 34.8 Å². The molecule has 3 unspecified atom stereocenters. The molecule has 0 spiro atoms. The van der Waals surface area contributed by atoms with E-state index in [1.165, 1.54) is 6.07 Å². The number of likely N-dealkylation sites (N-methyl/N-ethyl adjacent to an activating group) is 1. The molecular weight excluding hydrogens is 456 g/mol. The highest BCUT2D eigenvalue weighted by atomic mass is 16.5. The van der Waals surface area contributed by atoms with Crippen molar-refractivity contribution in [2.45, 2.75) is 42.9 Å². The van der Waals surface area contributed by atoms with Gasteiger partial charge in [-0.25, -0.2) is 0 Å². The predicted octanol–water partition coefficient (Wildman–Crippen LogP) is -0.367. The van der Waals surface area contributed by atoms with E-state index in [1.54, 1.807) is 25.1 Å². The van der Waals surface area contributed by atoms with E-state index in [0.29, 0.717) is 25.2 Å². The summed E-state index contributed by atoms with van der Waals surface area (Å²) in [5.41, 5.74) is 4.36. The molecule has 0 bridgehead atoms. The minimum atomic E-state index is -2.64.